The smallest absolute Gasteiger partial charge is 0.299 e. The summed E-state index contributed by atoms with van der Waals surface area (Å²) in [4.78, 5) is 12.4. The van der Waals surface area contributed by atoms with E-state index in [1.165, 1.54) is 39.8 Å². The highest BCUT2D eigenvalue weighted by Gasteiger charge is 2.51. The summed E-state index contributed by atoms with van der Waals surface area (Å²) in [5, 5.41) is 0. The van der Waals surface area contributed by atoms with E-state index in [1.807, 2.05) is 0 Å². The first-order chi connectivity index (χ1) is 17.0. The van der Waals surface area contributed by atoms with E-state index in [-0.39, 0.29) is 11.8 Å². The van der Waals surface area contributed by atoms with Crippen LogP contribution in [0.5, 0.6) is 0 Å². The van der Waals surface area contributed by atoms with Gasteiger partial charge in [0, 0.05) is 12.3 Å². The van der Waals surface area contributed by atoms with Crippen LogP contribution < -0.4 is 0 Å². The normalized spacial score (nSPS) is 26.8. The second-order valence-corrected chi connectivity index (χ2v) is 12.2. The highest BCUT2D eigenvalue weighted by Crippen LogP contribution is 2.47. The zero-order valence-corrected chi connectivity index (χ0v) is 21.1. The zero-order chi connectivity index (χ0) is 25.7. The highest BCUT2D eigenvalue weighted by atomic mass is 32.2. The monoisotopic (exact) mass is 520 g/mol. The first kappa shape index (κ1) is 25.5. The van der Waals surface area contributed by atoms with Gasteiger partial charge in [-0.2, -0.15) is 21.6 Å². The molecule has 2 aromatic rings. The van der Waals surface area contributed by atoms with Gasteiger partial charge in [-0.05, 0) is 97.1 Å². The van der Waals surface area contributed by atoms with Gasteiger partial charge < -0.3 is 0 Å². The lowest BCUT2D eigenvalue weighted by atomic mass is 9.78. The lowest BCUT2D eigenvalue weighted by Gasteiger charge is -2.25. The van der Waals surface area contributed by atoms with Crippen LogP contribution in [0.3, 0.4) is 0 Å². The fourth-order valence-corrected chi connectivity index (χ4v) is 7.32. The Labute approximate surface area is 210 Å². The first-order valence-corrected chi connectivity index (χ1v) is 14.2. The van der Waals surface area contributed by atoms with Crippen molar-refractivity contribution in [1.29, 1.82) is 0 Å². The number of aryl methyl sites for hydroxylation is 1. The van der Waals surface area contributed by atoms with E-state index in [2.05, 4.69) is 47.5 Å². The number of rotatable bonds is 3. The predicted octanol–water partition coefficient (Wildman–Crippen LogP) is 6.83. The van der Waals surface area contributed by atoms with Gasteiger partial charge in [0.1, 0.15) is 5.78 Å². The molecule has 36 heavy (non-hydrogen) atoms. The summed E-state index contributed by atoms with van der Waals surface area (Å²) >= 11 is 0. The summed E-state index contributed by atoms with van der Waals surface area (Å²) in [5.41, 5.74) is 2.87. The van der Waals surface area contributed by atoms with E-state index in [1.54, 1.807) is 0 Å². The molecule has 0 saturated heterocycles. The number of Topliss-reactive ketones (excluding diaryl/α,β-unsaturated/α-hetero) is 1. The molecule has 0 amide bonds. The Morgan fingerprint density at radius 1 is 0.944 bits per heavy atom. The van der Waals surface area contributed by atoms with Crippen LogP contribution in [0.1, 0.15) is 79.5 Å². The number of ketones is 1. The van der Waals surface area contributed by atoms with Crippen molar-refractivity contribution >= 4 is 15.9 Å². The van der Waals surface area contributed by atoms with Crippen LogP contribution in [-0.4, -0.2) is 25.8 Å². The van der Waals surface area contributed by atoms with Crippen LogP contribution in [0.15, 0.2) is 36.4 Å². The van der Waals surface area contributed by atoms with E-state index in [9.17, 15) is 26.4 Å². The number of fused-ring (bicyclic) bond motifs is 5. The van der Waals surface area contributed by atoms with Gasteiger partial charge >= 0.3 is 15.6 Å². The van der Waals surface area contributed by atoms with Gasteiger partial charge in [0.25, 0.3) is 0 Å². The largest absolute Gasteiger partial charge is 0.523 e. The molecule has 4 unspecified atom stereocenters. The zero-order valence-electron chi connectivity index (χ0n) is 20.3. The van der Waals surface area contributed by atoms with Crippen molar-refractivity contribution in [2.75, 3.05) is 0 Å². The lowest BCUT2D eigenvalue weighted by Crippen LogP contribution is -2.32. The third-order valence-corrected chi connectivity index (χ3v) is 9.43. The van der Waals surface area contributed by atoms with Crippen molar-refractivity contribution < 1.29 is 30.6 Å². The van der Waals surface area contributed by atoms with Crippen molar-refractivity contribution in [2.24, 2.45) is 11.8 Å². The molecule has 3 saturated carbocycles. The van der Waals surface area contributed by atoms with Gasteiger partial charge in [0.05, 0.1) is 6.10 Å². The number of benzene rings is 2. The van der Waals surface area contributed by atoms with Crippen molar-refractivity contribution in [1.82, 2.24) is 0 Å². The van der Waals surface area contributed by atoms with Gasteiger partial charge in [-0.3, -0.25) is 8.98 Å². The van der Waals surface area contributed by atoms with Crippen LogP contribution in [0.4, 0.5) is 13.2 Å². The molecule has 6 rings (SSSR count). The molecule has 4 aliphatic rings. The van der Waals surface area contributed by atoms with E-state index in [4.69, 9.17) is 0 Å². The molecule has 4 atom stereocenters. The molecule has 0 aromatic heterocycles. The quantitative estimate of drug-likeness (QED) is 0.280. The van der Waals surface area contributed by atoms with Crippen molar-refractivity contribution in [3.63, 3.8) is 0 Å². The van der Waals surface area contributed by atoms with Crippen LogP contribution in [0, 0.1) is 18.8 Å². The number of carbonyl (C=O) groups is 1. The number of carbonyl (C=O) groups excluding carboxylic acids is 1. The van der Waals surface area contributed by atoms with Crippen LogP contribution in [0.2, 0.25) is 0 Å². The average molecular weight is 521 g/mol. The van der Waals surface area contributed by atoms with E-state index in [0.29, 0.717) is 18.1 Å². The van der Waals surface area contributed by atoms with Crippen LogP contribution >= 0.6 is 0 Å². The second kappa shape index (κ2) is 9.60. The minimum Gasteiger partial charge on any atom is -0.299 e. The summed E-state index contributed by atoms with van der Waals surface area (Å²) in [6.45, 7) is 2.17. The summed E-state index contributed by atoms with van der Waals surface area (Å²) in [6, 6.07) is 13.1. The Morgan fingerprint density at radius 3 is 2.39 bits per heavy atom. The maximum absolute atomic E-state index is 12.4. The van der Waals surface area contributed by atoms with Crippen molar-refractivity contribution in [3.05, 3.63) is 58.7 Å². The molecule has 0 spiro atoms. The van der Waals surface area contributed by atoms with Gasteiger partial charge in [0.15, 0.2) is 0 Å². The summed E-state index contributed by atoms with van der Waals surface area (Å²) in [6.07, 6.45) is 7.31. The molecule has 0 heterocycles. The minimum atomic E-state index is -5.40. The summed E-state index contributed by atoms with van der Waals surface area (Å²) in [7, 11) is -5.40. The van der Waals surface area contributed by atoms with E-state index < -0.39 is 21.7 Å². The van der Waals surface area contributed by atoms with Gasteiger partial charge in [0.2, 0.25) is 0 Å². The molecular weight excluding hydrogens is 489 g/mol. The van der Waals surface area contributed by atoms with Crippen LogP contribution in [0.25, 0.3) is 11.1 Å². The molecular formula is C28H31F3O4S. The SMILES string of the molecule is Cc1ccc2c(c1C1CCCCC1=O)Cc1ccccc1-2.O=S(=O)(OC1CC2CCC1C2)C(F)(F)F. The molecule has 0 N–H and O–H groups in total. The Morgan fingerprint density at radius 2 is 1.72 bits per heavy atom. The number of hydrogen-bond acceptors (Lipinski definition) is 4. The highest BCUT2D eigenvalue weighted by molar-refractivity contribution is 7.87. The predicted molar refractivity (Wildman–Crippen MR) is 131 cm³/mol. The Kier molecular flexibility index (Phi) is 6.79. The topological polar surface area (TPSA) is 60.4 Å². The molecule has 0 aliphatic heterocycles. The maximum atomic E-state index is 12.4. The lowest BCUT2D eigenvalue weighted by molar-refractivity contribution is -0.121. The number of alkyl halides is 3. The molecule has 194 valence electrons. The minimum absolute atomic E-state index is 0.00729. The third-order valence-electron chi connectivity index (χ3n) is 8.36. The van der Waals surface area contributed by atoms with Crippen LogP contribution in [-0.2, 0) is 25.5 Å². The van der Waals surface area contributed by atoms with E-state index >= 15 is 0 Å². The fourth-order valence-electron chi connectivity index (χ4n) is 6.65. The summed E-state index contributed by atoms with van der Waals surface area (Å²) in [5.74, 6) is 0.937. The molecule has 0 radical (unpaired) electrons. The average Bonchev–Trinajstić information content (AvgIpc) is 3.53. The molecule has 2 aromatic carbocycles. The Bertz CT molecular complexity index is 1270. The fraction of sp³-hybridized carbons (Fsp3) is 0.536. The van der Waals surface area contributed by atoms with Crippen molar-refractivity contribution in [2.45, 2.75) is 82.2 Å². The molecule has 4 nitrogen and oxygen atoms in total. The van der Waals surface area contributed by atoms with Gasteiger partial charge in [-0.25, -0.2) is 0 Å². The molecule has 4 aliphatic carbocycles. The number of hydrogen-bond donors (Lipinski definition) is 0. The maximum Gasteiger partial charge on any atom is 0.523 e. The van der Waals surface area contributed by atoms with E-state index in [0.717, 1.165) is 44.9 Å². The summed E-state index contributed by atoms with van der Waals surface area (Å²) < 4.78 is 61.8. The Hall–Kier alpha value is -2.19. The molecule has 3 fully saturated rings. The third kappa shape index (κ3) is 4.74. The number of halogens is 3. The van der Waals surface area contributed by atoms with Crippen molar-refractivity contribution in [3.8, 4) is 11.1 Å². The van der Waals surface area contributed by atoms with Gasteiger partial charge in [-0.15, -0.1) is 0 Å². The Balaban J connectivity index is 0.000000157. The first-order valence-electron chi connectivity index (χ1n) is 12.8. The second-order valence-electron chi connectivity index (χ2n) is 10.6. The molecule has 8 heteroatoms. The molecule has 2 bridgehead atoms. The standard InChI is InChI=1S/C20H20O.C8H11F3O3S/c1-13-10-11-16-15-7-3-2-6-14(15)12-18(16)20(13)17-8-4-5-9-19(17)21;9-8(10,11)15(12,13)14-7-4-5-1-2-6(7)3-5/h2-3,6-7,10-11,17H,4-5,8-9,12H2,1H3;5-7H,1-4H2. The van der Waals surface area contributed by atoms with Gasteiger partial charge in [-0.1, -0.05) is 42.8 Å².